The molecular formula is C13H21N3O3. The summed E-state index contributed by atoms with van der Waals surface area (Å²) in [6, 6.07) is 0.353. The van der Waals surface area contributed by atoms with Crippen molar-refractivity contribution in [3.63, 3.8) is 0 Å². The maximum Gasteiger partial charge on any atom is 0.442 e. The molecule has 0 bridgehead atoms. The van der Waals surface area contributed by atoms with Gasteiger partial charge in [0.15, 0.2) is 5.82 Å². The van der Waals surface area contributed by atoms with E-state index < -0.39 is 5.76 Å². The van der Waals surface area contributed by atoms with E-state index >= 15 is 0 Å². The fraction of sp³-hybridized carbons (Fsp3) is 0.769. The Labute approximate surface area is 112 Å². The second-order valence-corrected chi connectivity index (χ2v) is 6.02. The molecule has 1 fully saturated rings. The molecule has 0 radical (unpaired) electrons. The van der Waals surface area contributed by atoms with Gasteiger partial charge in [-0.25, -0.2) is 4.79 Å². The second kappa shape index (κ2) is 4.83. The third-order valence-electron chi connectivity index (χ3n) is 3.30. The van der Waals surface area contributed by atoms with Crippen molar-refractivity contribution >= 4 is 5.91 Å². The summed E-state index contributed by atoms with van der Waals surface area (Å²) in [5.41, 5.74) is -0.330. The zero-order chi connectivity index (χ0) is 14.2. The Hall–Kier alpha value is -1.59. The molecular weight excluding hydrogens is 246 g/mol. The first-order valence-corrected chi connectivity index (χ1v) is 6.71. The number of hydrogen-bond donors (Lipinski definition) is 0. The summed E-state index contributed by atoms with van der Waals surface area (Å²) in [4.78, 5) is 25.8. The van der Waals surface area contributed by atoms with Gasteiger partial charge in [0.2, 0.25) is 5.91 Å². The van der Waals surface area contributed by atoms with E-state index in [-0.39, 0.29) is 17.9 Å². The molecule has 0 spiro atoms. The van der Waals surface area contributed by atoms with Gasteiger partial charge in [-0.2, -0.15) is 0 Å². The number of aromatic nitrogens is 2. The lowest BCUT2D eigenvalue weighted by Crippen LogP contribution is -2.38. The highest BCUT2D eigenvalue weighted by molar-refractivity contribution is 5.76. The summed E-state index contributed by atoms with van der Waals surface area (Å²) in [5, 5.41) is 3.79. The zero-order valence-electron chi connectivity index (χ0n) is 12.0. The Morgan fingerprint density at radius 3 is 2.58 bits per heavy atom. The van der Waals surface area contributed by atoms with Gasteiger partial charge in [0.25, 0.3) is 0 Å². The lowest BCUT2D eigenvalue weighted by atomic mass is 9.96. The molecule has 1 aromatic rings. The van der Waals surface area contributed by atoms with E-state index in [0.29, 0.717) is 18.4 Å². The van der Waals surface area contributed by atoms with Crippen LogP contribution in [0.2, 0.25) is 0 Å². The van der Waals surface area contributed by atoms with Gasteiger partial charge in [-0.3, -0.25) is 13.9 Å². The normalized spacial score (nSPS) is 15.6. The highest BCUT2D eigenvalue weighted by atomic mass is 16.5. The molecule has 1 amide bonds. The first-order chi connectivity index (χ1) is 8.84. The topological polar surface area (TPSA) is 68.3 Å². The Kier molecular flexibility index (Phi) is 3.52. The molecule has 0 N–H and O–H groups in total. The number of likely N-dealkylation sites (N-methyl/N-ethyl adjacent to an activating group) is 1. The van der Waals surface area contributed by atoms with Crippen molar-refractivity contribution in [3.05, 3.63) is 16.4 Å². The van der Waals surface area contributed by atoms with Crippen LogP contribution in [0.15, 0.2) is 9.32 Å². The van der Waals surface area contributed by atoms with Crippen LogP contribution in [-0.2, 0) is 16.8 Å². The van der Waals surface area contributed by atoms with Gasteiger partial charge in [0, 0.05) is 18.0 Å². The minimum Gasteiger partial charge on any atom is -0.338 e. The zero-order valence-corrected chi connectivity index (χ0v) is 12.0. The lowest BCUT2D eigenvalue weighted by Gasteiger charge is -2.22. The Balaban J connectivity index is 2.21. The maximum atomic E-state index is 12.3. The summed E-state index contributed by atoms with van der Waals surface area (Å²) >= 11 is 0. The van der Waals surface area contributed by atoms with Crippen molar-refractivity contribution in [1.82, 2.24) is 14.6 Å². The minimum absolute atomic E-state index is 0.0132. The fourth-order valence-electron chi connectivity index (χ4n) is 2.20. The standard InChI is InChI=1S/C13H21N3O3/c1-5-15(9-6-7-9)10(17)8-16-11(13(2,3)4)14-19-12(16)18/h9H,5-8H2,1-4H3. The predicted octanol–water partition coefficient (Wildman–Crippen LogP) is 1.14. The maximum absolute atomic E-state index is 12.3. The van der Waals surface area contributed by atoms with Crippen molar-refractivity contribution in [2.75, 3.05) is 6.54 Å². The third-order valence-corrected chi connectivity index (χ3v) is 3.30. The fourth-order valence-corrected chi connectivity index (χ4v) is 2.20. The molecule has 1 aromatic heterocycles. The molecule has 1 saturated carbocycles. The average molecular weight is 267 g/mol. The number of rotatable bonds is 4. The predicted molar refractivity (Wildman–Crippen MR) is 69.9 cm³/mol. The van der Waals surface area contributed by atoms with Crippen LogP contribution < -0.4 is 5.76 Å². The van der Waals surface area contributed by atoms with Crippen molar-refractivity contribution in [1.29, 1.82) is 0 Å². The minimum atomic E-state index is -0.565. The summed E-state index contributed by atoms with van der Waals surface area (Å²) in [6.45, 7) is 8.45. The van der Waals surface area contributed by atoms with E-state index in [1.54, 1.807) is 0 Å². The first kappa shape index (κ1) is 13.8. The molecule has 0 saturated heterocycles. The smallest absolute Gasteiger partial charge is 0.338 e. The number of hydrogen-bond acceptors (Lipinski definition) is 4. The Bertz CT molecular complexity index is 520. The van der Waals surface area contributed by atoms with E-state index in [4.69, 9.17) is 4.52 Å². The number of carbonyl (C=O) groups excluding carboxylic acids is 1. The number of amides is 1. The molecule has 6 heteroatoms. The van der Waals surface area contributed by atoms with E-state index in [9.17, 15) is 9.59 Å². The molecule has 0 atom stereocenters. The van der Waals surface area contributed by atoms with Crippen LogP contribution in [0.5, 0.6) is 0 Å². The molecule has 1 aliphatic rings. The van der Waals surface area contributed by atoms with Gasteiger partial charge >= 0.3 is 5.76 Å². The third kappa shape index (κ3) is 2.88. The summed E-state index contributed by atoms with van der Waals surface area (Å²) in [7, 11) is 0. The van der Waals surface area contributed by atoms with Crippen LogP contribution in [0.1, 0.15) is 46.4 Å². The van der Waals surface area contributed by atoms with Crippen LogP contribution in [0, 0.1) is 0 Å². The molecule has 1 aliphatic carbocycles. The molecule has 0 unspecified atom stereocenters. The van der Waals surface area contributed by atoms with Crippen molar-refractivity contribution in [2.45, 2.75) is 58.5 Å². The molecule has 1 heterocycles. The van der Waals surface area contributed by atoms with Crippen molar-refractivity contribution < 1.29 is 9.32 Å². The number of nitrogens with zero attached hydrogens (tertiary/aromatic N) is 3. The van der Waals surface area contributed by atoms with Crippen LogP contribution >= 0.6 is 0 Å². The average Bonchev–Trinajstić information content (AvgIpc) is 3.05. The number of carbonyl (C=O) groups is 1. The van der Waals surface area contributed by atoms with Crippen LogP contribution in [-0.4, -0.2) is 33.1 Å². The summed E-state index contributed by atoms with van der Waals surface area (Å²) < 4.78 is 6.04. The molecule has 106 valence electrons. The Morgan fingerprint density at radius 1 is 1.47 bits per heavy atom. The van der Waals surface area contributed by atoms with Crippen LogP contribution in [0.3, 0.4) is 0 Å². The molecule has 0 aromatic carbocycles. The van der Waals surface area contributed by atoms with E-state index in [0.717, 1.165) is 12.8 Å². The second-order valence-electron chi connectivity index (χ2n) is 6.02. The van der Waals surface area contributed by atoms with Crippen molar-refractivity contribution in [2.24, 2.45) is 0 Å². The SMILES string of the molecule is CCN(C(=O)Cn1c(C(C)(C)C)noc1=O)C1CC1. The van der Waals surface area contributed by atoms with Crippen molar-refractivity contribution in [3.8, 4) is 0 Å². The highest BCUT2D eigenvalue weighted by Gasteiger charge is 2.33. The molecule has 19 heavy (non-hydrogen) atoms. The van der Waals surface area contributed by atoms with Gasteiger partial charge in [0.05, 0.1) is 0 Å². The van der Waals surface area contributed by atoms with Gasteiger partial charge in [-0.05, 0) is 19.8 Å². The van der Waals surface area contributed by atoms with Crippen LogP contribution in [0.25, 0.3) is 0 Å². The first-order valence-electron chi connectivity index (χ1n) is 6.71. The quantitative estimate of drug-likeness (QED) is 0.820. The molecule has 6 nitrogen and oxygen atoms in total. The van der Waals surface area contributed by atoms with Gasteiger partial charge < -0.3 is 4.90 Å². The van der Waals surface area contributed by atoms with Crippen LogP contribution in [0.4, 0.5) is 0 Å². The largest absolute Gasteiger partial charge is 0.442 e. The van der Waals surface area contributed by atoms with Gasteiger partial charge in [-0.15, -0.1) is 0 Å². The van der Waals surface area contributed by atoms with E-state index in [1.165, 1.54) is 4.57 Å². The van der Waals surface area contributed by atoms with E-state index in [2.05, 4.69) is 5.16 Å². The molecule has 0 aliphatic heterocycles. The highest BCUT2D eigenvalue weighted by Crippen LogP contribution is 2.27. The lowest BCUT2D eigenvalue weighted by molar-refractivity contribution is -0.132. The Morgan fingerprint density at radius 2 is 2.11 bits per heavy atom. The van der Waals surface area contributed by atoms with Gasteiger partial charge in [-0.1, -0.05) is 25.9 Å². The van der Waals surface area contributed by atoms with E-state index in [1.807, 2.05) is 32.6 Å². The summed E-state index contributed by atoms with van der Waals surface area (Å²) in [5.74, 6) is -0.0939. The monoisotopic (exact) mass is 267 g/mol. The molecule has 2 rings (SSSR count). The van der Waals surface area contributed by atoms with Gasteiger partial charge in [0.1, 0.15) is 6.54 Å². The summed E-state index contributed by atoms with van der Waals surface area (Å²) in [6.07, 6.45) is 2.12.